The summed E-state index contributed by atoms with van der Waals surface area (Å²) in [4.78, 5) is 39.7. The van der Waals surface area contributed by atoms with Gasteiger partial charge in [0.25, 0.3) is 5.91 Å². The van der Waals surface area contributed by atoms with Gasteiger partial charge >= 0.3 is 0 Å². The van der Waals surface area contributed by atoms with Crippen LogP contribution in [0.25, 0.3) is 0 Å². The Balaban J connectivity index is 1.36. The molecule has 144 valence electrons. The minimum absolute atomic E-state index is 0.0574. The minimum atomic E-state index is -0.233. The van der Waals surface area contributed by atoms with Crippen molar-refractivity contribution < 1.29 is 14.4 Å². The van der Waals surface area contributed by atoms with Crippen LogP contribution in [0, 0.1) is 37.5 Å². The topological polar surface area (TPSA) is 71.4 Å². The second kappa shape index (κ2) is 6.06. The second-order valence-electron chi connectivity index (χ2n) is 8.34. The van der Waals surface area contributed by atoms with Crippen LogP contribution < -0.4 is 10.3 Å². The van der Waals surface area contributed by atoms with E-state index in [4.69, 9.17) is 0 Å². The fraction of sp³-hybridized carbons (Fsp3) is 0.409. The van der Waals surface area contributed by atoms with Gasteiger partial charge in [0.15, 0.2) is 0 Å². The molecule has 0 unspecified atom stereocenters. The molecule has 1 saturated heterocycles. The number of benzene rings is 1. The largest absolute Gasteiger partial charge is 0.274 e. The van der Waals surface area contributed by atoms with Gasteiger partial charge in [-0.05, 0) is 81.3 Å². The van der Waals surface area contributed by atoms with Crippen molar-refractivity contribution in [1.82, 2.24) is 4.68 Å². The molecule has 6 heteroatoms. The summed E-state index contributed by atoms with van der Waals surface area (Å²) < 4.78 is 1.74. The summed E-state index contributed by atoms with van der Waals surface area (Å²) >= 11 is 0. The Labute approximate surface area is 163 Å². The van der Waals surface area contributed by atoms with Gasteiger partial charge in [-0.15, -0.1) is 0 Å². The molecule has 2 aliphatic carbocycles. The highest BCUT2D eigenvalue weighted by molar-refractivity contribution is 6.22. The van der Waals surface area contributed by atoms with E-state index < -0.39 is 0 Å². The fourth-order valence-electron chi connectivity index (χ4n) is 5.44. The number of anilines is 1. The zero-order valence-corrected chi connectivity index (χ0v) is 16.0. The van der Waals surface area contributed by atoms with Crippen LogP contribution in [0.15, 0.2) is 36.4 Å². The van der Waals surface area contributed by atoms with Crippen LogP contribution in [-0.4, -0.2) is 22.4 Å². The first kappa shape index (κ1) is 17.2. The summed E-state index contributed by atoms with van der Waals surface area (Å²) in [5.41, 5.74) is 5.79. The second-order valence-corrected chi connectivity index (χ2v) is 8.34. The lowest BCUT2D eigenvalue weighted by Crippen LogP contribution is -2.32. The lowest BCUT2D eigenvalue weighted by Gasteiger charge is -2.19. The molecule has 2 bridgehead atoms. The lowest BCUT2D eigenvalue weighted by atomic mass is 9.81. The van der Waals surface area contributed by atoms with Crippen LogP contribution in [0.2, 0.25) is 0 Å². The maximum absolute atomic E-state index is 12.9. The third-order valence-corrected chi connectivity index (χ3v) is 6.80. The summed E-state index contributed by atoms with van der Waals surface area (Å²) in [6.45, 7) is 3.84. The summed E-state index contributed by atoms with van der Waals surface area (Å²) in [5, 5.41) is 0. The van der Waals surface area contributed by atoms with E-state index in [9.17, 15) is 14.4 Å². The van der Waals surface area contributed by atoms with E-state index in [2.05, 4.69) is 5.43 Å². The van der Waals surface area contributed by atoms with Crippen molar-refractivity contribution in [2.45, 2.75) is 33.1 Å². The molecule has 1 aliphatic heterocycles. The summed E-state index contributed by atoms with van der Waals surface area (Å²) in [6.07, 6.45) is 3.16. The number of nitrogens with zero attached hydrogens (tertiary/aromatic N) is 2. The molecule has 6 nitrogen and oxygen atoms in total. The highest BCUT2D eigenvalue weighted by Crippen LogP contribution is 2.56. The number of fused-ring (bicyclic) bond motifs is 5. The minimum Gasteiger partial charge on any atom is -0.274 e. The van der Waals surface area contributed by atoms with Crippen LogP contribution in [0.4, 0.5) is 5.69 Å². The van der Waals surface area contributed by atoms with E-state index >= 15 is 0 Å². The Morgan fingerprint density at radius 1 is 0.893 bits per heavy atom. The van der Waals surface area contributed by atoms with Gasteiger partial charge in [-0.25, -0.2) is 0 Å². The van der Waals surface area contributed by atoms with E-state index in [1.54, 1.807) is 28.9 Å². The van der Waals surface area contributed by atoms with Crippen LogP contribution >= 0.6 is 0 Å². The zero-order chi connectivity index (χ0) is 19.6. The van der Waals surface area contributed by atoms with Crippen molar-refractivity contribution in [3.05, 3.63) is 53.3 Å². The maximum atomic E-state index is 12.9. The van der Waals surface area contributed by atoms with Gasteiger partial charge in [-0.2, -0.15) is 0 Å². The van der Waals surface area contributed by atoms with Gasteiger partial charge in [0.05, 0.1) is 17.5 Å². The van der Waals surface area contributed by atoms with Gasteiger partial charge in [-0.3, -0.25) is 29.4 Å². The number of aromatic nitrogens is 1. The Hall–Kier alpha value is -2.89. The number of rotatable bonds is 3. The molecule has 1 aromatic heterocycles. The van der Waals surface area contributed by atoms with Gasteiger partial charge in [-0.1, -0.05) is 0 Å². The molecular formula is C22H23N3O3. The maximum Gasteiger partial charge on any atom is 0.270 e. The molecule has 0 spiro atoms. The number of imide groups is 1. The number of nitrogens with one attached hydrogen (secondary N) is 1. The van der Waals surface area contributed by atoms with Gasteiger partial charge < -0.3 is 0 Å². The highest BCUT2D eigenvalue weighted by Gasteiger charge is 2.61. The normalized spacial score (nSPS) is 28.1. The fourth-order valence-corrected chi connectivity index (χ4v) is 5.44. The van der Waals surface area contributed by atoms with E-state index in [1.807, 2.05) is 26.0 Å². The Morgan fingerprint density at radius 3 is 1.96 bits per heavy atom. The van der Waals surface area contributed by atoms with Crippen LogP contribution in [-0.2, 0) is 9.59 Å². The molecule has 3 fully saturated rings. The molecule has 5 rings (SSSR count). The molecule has 1 aromatic carbocycles. The lowest BCUT2D eigenvalue weighted by molar-refractivity contribution is -0.123. The first-order valence-electron chi connectivity index (χ1n) is 9.90. The average Bonchev–Trinajstić information content (AvgIpc) is 3.43. The molecule has 28 heavy (non-hydrogen) atoms. The smallest absolute Gasteiger partial charge is 0.270 e. The molecule has 0 radical (unpaired) electrons. The Bertz CT molecular complexity index is 943. The van der Waals surface area contributed by atoms with Gasteiger partial charge in [0.1, 0.15) is 0 Å². The van der Waals surface area contributed by atoms with Crippen molar-refractivity contribution >= 4 is 23.4 Å². The molecule has 3 amide bonds. The summed E-state index contributed by atoms with van der Waals surface area (Å²) in [6, 6.07) is 10.6. The number of aryl methyl sites for hydroxylation is 2. The summed E-state index contributed by atoms with van der Waals surface area (Å²) in [7, 11) is 0. The Kier molecular flexibility index (Phi) is 3.73. The first-order valence-corrected chi connectivity index (χ1v) is 9.90. The third-order valence-electron chi connectivity index (χ3n) is 6.80. The molecule has 3 aliphatic rings. The van der Waals surface area contributed by atoms with Gasteiger partial charge in [0, 0.05) is 17.0 Å². The van der Waals surface area contributed by atoms with Gasteiger partial charge in [0.2, 0.25) is 11.8 Å². The van der Waals surface area contributed by atoms with Crippen molar-refractivity contribution in [2.24, 2.45) is 23.7 Å². The predicted molar refractivity (Wildman–Crippen MR) is 104 cm³/mol. The number of carbonyl (C=O) groups excluding carboxylic acids is 3. The quantitative estimate of drug-likeness (QED) is 0.836. The number of hydrogen-bond donors (Lipinski definition) is 1. The predicted octanol–water partition coefficient (Wildman–Crippen LogP) is 3.02. The number of carbonyl (C=O) groups is 3. The molecular weight excluding hydrogens is 354 g/mol. The van der Waals surface area contributed by atoms with Crippen molar-refractivity contribution in [3.8, 4) is 0 Å². The van der Waals surface area contributed by atoms with E-state index in [-0.39, 0.29) is 29.6 Å². The zero-order valence-electron chi connectivity index (χ0n) is 16.0. The first-order chi connectivity index (χ1) is 13.5. The standard InChI is InChI=1S/C22H23N3O3/c1-12-3-4-13(2)25(12)23-20(26)14-7-9-17(10-8-14)24-21(27)18-15-5-6-16(11-15)19(18)22(24)28/h3-4,7-10,15-16,18-19H,5-6,11H2,1-2H3,(H,23,26)/t15-,16-,18+,19+/m0/s1. The van der Waals surface area contributed by atoms with Crippen LogP contribution in [0.1, 0.15) is 41.0 Å². The molecule has 2 aromatic rings. The molecule has 1 N–H and O–H groups in total. The Morgan fingerprint density at radius 2 is 1.43 bits per heavy atom. The van der Waals surface area contributed by atoms with E-state index in [0.29, 0.717) is 23.1 Å². The van der Waals surface area contributed by atoms with E-state index in [0.717, 1.165) is 30.7 Å². The van der Waals surface area contributed by atoms with Crippen LogP contribution in [0.5, 0.6) is 0 Å². The SMILES string of the molecule is Cc1ccc(C)n1NC(=O)c1ccc(N2C(=O)[C@@H]3[C@H]4CC[C@@H](C4)[C@H]3C2=O)cc1. The molecule has 2 saturated carbocycles. The van der Waals surface area contributed by atoms with Crippen LogP contribution in [0.3, 0.4) is 0 Å². The van der Waals surface area contributed by atoms with Crippen molar-refractivity contribution in [3.63, 3.8) is 0 Å². The van der Waals surface area contributed by atoms with E-state index in [1.165, 1.54) is 4.90 Å². The summed E-state index contributed by atoms with van der Waals surface area (Å²) in [5.74, 6) is 0.130. The highest BCUT2D eigenvalue weighted by atomic mass is 16.2. The number of amides is 3. The molecule has 2 heterocycles. The van der Waals surface area contributed by atoms with Crippen molar-refractivity contribution in [1.29, 1.82) is 0 Å². The van der Waals surface area contributed by atoms with Crippen molar-refractivity contribution in [2.75, 3.05) is 10.3 Å². The monoisotopic (exact) mass is 377 g/mol. The average molecular weight is 377 g/mol. The molecule has 4 atom stereocenters. The third kappa shape index (κ3) is 2.37. The number of hydrogen-bond acceptors (Lipinski definition) is 3.